The highest BCUT2D eigenvalue weighted by Gasteiger charge is 2.04. The van der Waals surface area contributed by atoms with Crippen LogP contribution in [0.1, 0.15) is 18.1 Å². The Morgan fingerprint density at radius 1 is 1.28 bits per heavy atom. The maximum Gasteiger partial charge on any atom is 0.149 e. The van der Waals surface area contributed by atoms with Crippen molar-refractivity contribution in [3.05, 3.63) is 23.3 Å². The molecule has 3 nitrogen and oxygen atoms in total. The summed E-state index contributed by atoms with van der Waals surface area (Å²) in [5.41, 5.74) is 3.14. The Hall–Kier alpha value is -1.95. The Bertz CT molecular complexity index is 493. The summed E-state index contributed by atoms with van der Waals surface area (Å²) >= 11 is 0. The molecule has 18 heavy (non-hydrogen) atoms. The van der Waals surface area contributed by atoms with Crippen LogP contribution in [-0.2, 0) is 0 Å². The molecule has 0 saturated carbocycles. The summed E-state index contributed by atoms with van der Waals surface area (Å²) in [4.78, 5) is 6.33. The number of hydrogen-bond acceptors (Lipinski definition) is 2. The van der Waals surface area contributed by atoms with Crippen molar-refractivity contribution in [3.8, 4) is 17.6 Å². The highest BCUT2D eigenvalue weighted by Crippen LogP contribution is 2.27. The molecule has 0 aliphatic rings. The Morgan fingerprint density at radius 3 is 2.61 bits per heavy atom. The molecule has 0 unspecified atom stereocenters. The van der Waals surface area contributed by atoms with E-state index < -0.39 is 0 Å². The molecule has 1 aromatic carbocycles. The molecular weight excluding hydrogens is 224 g/mol. The molecule has 0 spiro atoms. The molecule has 0 atom stereocenters. The van der Waals surface area contributed by atoms with Crippen molar-refractivity contribution in [3.63, 3.8) is 0 Å². The third kappa shape index (κ3) is 4.14. The lowest BCUT2D eigenvalue weighted by molar-refractivity contribution is 0.367. The van der Waals surface area contributed by atoms with E-state index >= 15 is 0 Å². The summed E-state index contributed by atoms with van der Waals surface area (Å²) in [5, 5.41) is 0. The molecule has 0 amide bonds. The van der Waals surface area contributed by atoms with Gasteiger partial charge in [0.25, 0.3) is 0 Å². The van der Waals surface area contributed by atoms with Gasteiger partial charge in [0.1, 0.15) is 12.4 Å². The first-order chi connectivity index (χ1) is 8.54. The molecule has 0 fully saturated rings. The van der Waals surface area contributed by atoms with Crippen molar-refractivity contribution in [1.82, 2.24) is 4.90 Å². The topological polar surface area (TPSA) is 24.8 Å². The number of hydrogen-bond donors (Lipinski definition) is 0. The first-order valence-electron chi connectivity index (χ1n) is 5.89. The smallest absolute Gasteiger partial charge is 0.149 e. The summed E-state index contributed by atoms with van der Waals surface area (Å²) < 4.78 is 5.60. The summed E-state index contributed by atoms with van der Waals surface area (Å²) in [5.74, 6) is 6.58. The Labute approximate surface area is 109 Å². The summed E-state index contributed by atoms with van der Waals surface area (Å²) in [6.45, 7) is 6.28. The van der Waals surface area contributed by atoms with Gasteiger partial charge in [0, 0.05) is 14.1 Å². The fourth-order valence-electron chi connectivity index (χ4n) is 1.43. The zero-order chi connectivity index (χ0) is 13.5. The number of rotatable bonds is 4. The van der Waals surface area contributed by atoms with Gasteiger partial charge in [-0.15, -0.1) is 5.92 Å². The molecule has 0 bridgehead atoms. The minimum atomic E-state index is 0.428. The molecule has 0 aliphatic heterocycles. The van der Waals surface area contributed by atoms with Gasteiger partial charge >= 0.3 is 0 Å². The third-order valence-electron chi connectivity index (χ3n) is 2.40. The minimum Gasteiger partial charge on any atom is -0.481 e. The SMILES string of the molecule is CC#CCOc1cc(C)c(N=CN(C)C)cc1C. The quantitative estimate of drug-likeness (QED) is 0.462. The molecule has 1 rings (SSSR count). The Kier molecular flexibility index (Phi) is 5.26. The molecule has 0 heterocycles. The minimum absolute atomic E-state index is 0.428. The van der Waals surface area contributed by atoms with E-state index in [1.165, 1.54) is 0 Å². The van der Waals surface area contributed by atoms with Crippen molar-refractivity contribution >= 4 is 12.0 Å². The van der Waals surface area contributed by atoms with Crippen molar-refractivity contribution in [2.75, 3.05) is 20.7 Å². The fourth-order valence-corrected chi connectivity index (χ4v) is 1.43. The Balaban J connectivity index is 2.92. The molecule has 0 saturated heterocycles. The third-order valence-corrected chi connectivity index (χ3v) is 2.40. The number of benzene rings is 1. The number of nitrogens with zero attached hydrogens (tertiary/aromatic N) is 2. The monoisotopic (exact) mass is 244 g/mol. The zero-order valence-electron chi connectivity index (χ0n) is 11.7. The summed E-state index contributed by atoms with van der Waals surface area (Å²) in [6.07, 6.45) is 1.80. The van der Waals surface area contributed by atoms with Crippen LogP contribution in [0.3, 0.4) is 0 Å². The lowest BCUT2D eigenvalue weighted by atomic mass is 10.1. The Morgan fingerprint density at radius 2 is 2.00 bits per heavy atom. The van der Waals surface area contributed by atoms with Crippen LogP contribution in [0.5, 0.6) is 5.75 Å². The molecule has 96 valence electrons. The van der Waals surface area contributed by atoms with Crippen LogP contribution >= 0.6 is 0 Å². The standard InChI is InChI=1S/C15H20N2O/c1-6-7-8-18-15-10-12(2)14(9-13(15)3)16-11-17(4)5/h9-11H,8H2,1-5H3. The van der Waals surface area contributed by atoms with Gasteiger partial charge in [-0.05, 0) is 44.0 Å². The van der Waals surface area contributed by atoms with Gasteiger partial charge in [-0.25, -0.2) is 4.99 Å². The van der Waals surface area contributed by atoms with Crippen LogP contribution in [0.15, 0.2) is 17.1 Å². The van der Waals surface area contributed by atoms with Crippen LogP contribution in [0, 0.1) is 25.7 Å². The van der Waals surface area contributed by atoms with E-state index in [1.807, 2.05) is 45.0 Å². The van der Waals surface area contributed by atoms with Gasteiger partial charge in [0.15, 0.2) is 0 Å². The van der Waals surface area contributed by atoms with Gasteiger partial charge in [-0.3, -0.25) is 0 Å². The van der Waals surface area contributed by atoms with Gasteiger partial charge in [0.2, 0.25) is 0 Å². The van der Waals surface area contributed by atoms with Crippen molar-refractivity contribution < 1.29 is 4.74 Å². The predicted molar refractivity (Wildman–Crippen MR) is 76.7 cm³/mol. The van der Waals surface area contributed by atoms with Gasteiger partial charge in [-0.1, -0.05) is 5.92 Å². The second kappa shape index (κ2) is 6.70. The highest BCUT2D eigenvalue weighted by atomic mass is 16.5. The van der Waals surface area contributed by atoms with Gasteiger partial charge < -0.3 is 9.64 Å². The van der Waals surface area contributed by atoms with Crippen LogP contribution in [0.4, 0.5) is 5.69 Å². The average molecular weight is 244 g/mol. The van der Waals surface area contributed by atoms with E-state index in [0.717, 1.165) is 22.6 Å². The number of aliphatic imine (C=N–C) groups is 1. The largest absolute Gasteiger partial charge is 0.481 e. The van der Waals surface area contributed by atoms with E-state index in [4.69, 9.17) is 4.74 Å². The molecule has 0 radical (unpaired) electrons. The van der Waals surface area contributed by atoms with E-state index in [1.54, 1.807) is 13.3 Å². The molecule has 0 N–H and O–H groups in total. The van der Waals surface area contributed by atoms with E-state index in [-0.39, 0.29) is 0 Å². The molecular formula is C15H20N2O. The van der Waals surface area contributed by atoms with Crippen LogP contribution < -0.4 is 4.74 Å². The van der Waals surface area contributed by atoms with Crippen molar-refractivity contribution in [2.45, 2.75) is 20.8 Å². The van der Waals surface area contributed by atoms with Crippen LogP contribution in [0.2, 0.25) is 0 Å². The first-order valence-corrected chi connectivity index (χ1v) is 5.89. The molecule has 0 aliphatic carbocycles. The highest BCUT2D eigenvalue weighted by molar-refractivity contribution is 5.64. The van der Waals surface area contributed by atoms with E-state index in [0.29, 0.717) is 6.61 Å². The first kappa shape index (κ1) is 14.1. The average Bonchev–Trinajstić information content (AvgIpc) is 2.31. The zero-order valence-corrected chi connectivity index (χ0v) is 11.7. The van der Waals surface area contributed by atoms with Gasteiger partial charge in [-0.2, -0.15) is 0 Å². The second-order valence-corrected chi connectivity index (χ2v) is 4.33. The second-order valence-electron chi connectivity index (χ2n) is 4.33. The number of ether oxygens (including phenoxy) is 1. The fraction of sp³-hybridized carbons (Fsp3) is 0.400. The number of aryl methyl sites for hydroxylation is 2. The van der Waals surface area contributed by atoms with E-state index in [9.17, 15) is 0 Å². The normalized spacial score (nSPS) is 10.1. The van der Waals surface area contributed by atoms with Crippen molar-refractivity contribution in [1.29, 1.82) is 0 Å². The van der Waals surface area contributed by atoms with Crippen molar-refractivity contribution in [2.24, 2.45) is 4.99 Å². The van der Waals surface area contributed by atoms with Crippen LogP contribution in [0.25, 0.3) is 0 Å². The summed E-state index contributed by atoms with van der Waals surface area (Å²) in [6, 6.07) is 4.04. The van der Waals surface area contributed by atoms with E-state index in [2.05, 4.69) is 16.8 Å². The molecule has 1 aromatic rings. The summed E-state index contributed by atoms with van der Waals surface area (Å²) in [7, 11) is 3.90. The maximum atomic E-state index is 5.60. The molecule has 3 heteroatoms. The maximum absolute atomic E-state index is 5.60. The molecule has 0 aromatic heterocycles. The van der Waals surface area contributed by atoms with Gasteiger partial charge in [0.05, 0.1) is 12.0 Å². The van der Waals surface area contributed by atoms with Crippen LogP contribution in [-0.4, -0.2) is 31.9 Å². The lowest BCUT2D eigenvalue weighted by Crippen LogP contribution is -2.07. The predicted octanol–water partition coefficient (Wildman–Crippen LogP) is 2.93. The lowest BCUT2D eigenvalue weighted by Gasteiger charge is -2.10.